The van der Waals surface area contributed by atoms with E-state index in [9.17, 15) is 0 Å². The van der Waals surface area contributed by atoms with Gasteiger partial charge in [-0.05, 0) is 58.2 Å². The van der Waals surface area contributed by atoms with Crippen molar-refractivity contribution in [3.8, 4) is 0 Å². The van der Waals surface area contributed by atoms with Gasteiger partial charge in [0.2, 0.25) is 0 Å². The molecule has 3 nitrogen and oxygen atoms in total. The SMILES string of the molecule is CC1(C)C[C@](C=NCc2ccccc2)(CN2CCCC2)CCO1. The molecule has 2 saturated heterocycles. The van der Waals surface area contributed by atoms with Gasteiger partial charge in [0, 0.05) is 24.8 Å². The van der Waals surface area contributed by atoms with Crippen molar-refractivity contribution in [2.75, 3.05) is 26.2 Å². The number of benzene rings is 1. The molecule has 0 aliphatic carbocycles. The van der Waals surface area contributed by atoms with Gasteiger partial charge in [0.15, 0.2) is 0 Å². The lowest BCUT2D eigenvalue weighted by atomic mass is 9.74. The Morgan fingerprint density at radius 3 is 2.61 bits per heavy atom. The van der Waals surface area contributed by atoms with Crippen molar-refractivity contribution in [2.24, 2.45) is 10.4 Å². The first-order valence-electron chi connectivity index (χ1n) is 8.98. The maximum Gasteiger partial charge on any atom is 0.0636 e. The molecule has 2 aliphatic rings. The molecule has 0 N–H and O–H groups in total. The summed E-state index contributed by atoms with van der Waals surface area (Å²) in [7, 11) is 0. The van der Waals surface area contributed by atoms with E-state index in [-0.39, 0.29) is 11.0 Å². The monoisotopic (exact) mass is 314 g/mol. The minimum Gasteiger partial charge on any atom is -0.376 e. The van der Waals surface area contributed by atoms with E-state index in [1.165, 1.54) is 31.5 Å². The maximum absolute atomic E-state index is 5.97. The highest BCUT2D eigenvalue weighted by atomic mass is 16.5. The number of nitrogens with zero attached hydrogens (tertiary/aromatic N) is 2. The van der Waals surface area contributed by atoms with Crippen molar-refractivity contribution in [1.82, 2.24) is 4.90 Å². The second-order valence-electron chi connectivity index (χ2n) is 7.84. The zero-order valence-corrected chi connectivity index (χ0v) is 14.6. The van der Waals surface area contributed by atoms with E-state index in [4.69, 9.17) is 9.73 Å². The fraction of sp³-hybridized carbons (Fsp3) is 0.650. The molecule has 1 atom stereocenters. The van der Waals surface area contributed by atoms with Crippen LogP contribution in [0, 0.1) is 5.41 Å². The van der Waals surface area contributed by atoms with Crippen molar-refractivity contribution in [3.63, 3.8) is 0 Å². The van der Waals surface area contributed by atoms with Crippen molar-refractivity contribution >= 4 is 6.21 Å². The fourth-order valence-corrected chi connectivity index (χ4v) is 4.12. The third-order valence-corrected chi connectivity index (χ3v) is 5.09. The number of ether oxygens (including phenoxy) is 1. The van der Waals surface area contributed by atoms with Gasteiger partial charge in [-0.25, -0.2) is 0 Å². The molecule has 0 spiro atoms. The Balaban J connectivity index is 1.71. The normalized spacial score (nSPS) is 28.4. The average Bonchev–Trinajstić information content (AvgIpc) is 3.00. The van der Waals surface area contributed by atoms with Crippen LogP contribution in [0.1, 0.15) is 45.1 Å². The molecule has 126 valence electrons. The van der Waals surface area contributed by atoms with Gasteiger partial charge in [-0.15, -0.1) is 0 Å². The molecular weight excluding hydrogens is 284 g/mol. The molecule has 0 saturated carbocycles. The van der Waals surface area contributed by atoms with Crippen LogP contribution >= 0.6 is 0 Å². The molecule has 1 aromatic rings. The summed E-state index contributed by atoms with van der Waals surface area (Å²) in [4.78, 5) is 7.46. The van der Waals surface area contributed by atoms with Crippen molar-refractivity contribution in [3.05, 3.63) is 35.9 Å². The van der Waals surface area contributed by atoms with Gasteiger partial charge in [-0.1, -0.05) is 30.3 Å². The van der Waals surface area contributed by atoms with Crippen molar-refractivity contribution in [2.45, 2.75) is 51.7 Å². The van der Waals surface area contributed by atoms with Gasteiger partial charge >= 0.3 is 0 Å². The van der Waals surface area contributed by atoms with Crippen molar-refractivity contribution < 1.29 is 4.74 Å². The predicted molar refractivity (Wildman–Crippen MR) is 96.0 cm³/mol. The molecule has 0 amide bonds. The van der Waals surface area contributed by atoms with E-state index < -0.39 is 0 Å². The second kappa shape index (κ2) is 7.14. The molecule has 0 bridgehead atoms. The zero-order valence-electron chi connectivity index (χ0n) is 14.6. The highest BCUT2D eigenvalue weighted by molar-refractivity contribution is 5.66. The largest absolute Gasteiger partial charge is 0.376 e. The van der Waals surface area contributed by atoms with Crippen molar-refractivity contribution in [1.29, 1.82) is 0 Å². The smallest absolute Gasteiger partial charge is 0.0636 e. The number of hydrogen-bond acceptors (Lipinski definition) is 3. The Kier molecular flexibility index (Phi) is 5.17. The summed E-state index contributed by atoms with van der Waals surface area (Å²) in [5.74, 6) is 0. The topological polar surface area (TPSA) is 24.8 Å². The van der Waals surface area contributed by atoms with Crippen LogP contribution in [0.5, 0.6) is 0 Å². The van der Waals surface area contributed by atoms with Gasteiger partial charge in [0.1, 0.15) is 0 Å². The quantitative estimate of drug-likeness (QED) is 0.769. The van der Waals surface area contributed by atoms with Crippen LogP contribution in [-0.2, 0) is 11.3 Å². The lowest BCUT2D eigenvalue weighted by Gasteiger charge is -2.44. The van der Waals surface area contributed by atoms with E-state index in [1.807, 2.05) is 0 Å². The minimum absolute atomic E-state index is 0.0449. The van der Waals surface area contributed by atoms with E-state index in [0.717, 1.165) is 32.5 Å². The highest BCUT2D eigenvalue weighted by Gasteiger charge is 2.41. The summed E-state index contributed by atoms with van der Waals surface area (Å²) in [6.07, 6.45) is 7.11. The molecule has 2 fully saturated rings. The van der Waals surface area contributed by atoms with Crippen LogP contribution in [0.4, 0.5) is 0 Å². The standard InChI is InChI=1S/C20H30N2O/c1-19(2)15-20(10-13-23-19,17-22-11-6-7-12-22)16-21-14-18-8-4-3-5-9-18/h3-5,8-9,16H,6-7,10-15,17H2,1-2H3/t20-/m1/s1. The van der Waals surface area contributed by atoms with E-state index in [0.29, 0.717) is 0 Å². The molecular formula is C20H30N2O. The molecule has 0 aromatic heterocycles. The van der Waals surface area contributed by atoms with E-state index >= 15 is 0 Å². The first-order valence-corrected chi connectivity index (χ1v) is 8.98. The summed E-state index contributed by atoms with van der Waals surface area (Å²) < 4.78 is 5.97. The van der Waals surface area contributed by atoms with Gasteiger partial charge in [0.05, 0.1) is 12.1 Å². The molecule has 0 unspecified atom stereocenters. The highest BCUT2D eigenvalue weighted by Crippen LogP contribution is 2.39. The lowest BCUT2D eigenvalue weighted by molar-refractivity contribution is -0.0897. The average molecular weight is 314 g/mol. The second-order valence-corrected chi connectivity index (χ2v) is 7.84. The summed E-state index contributed by atoms with van der Waals surface area (Å²) in [6.45, 7) is 9.69. The van der Waals surface area contributed by atoms with Crippen LogP contribution < -0.4 is 0 Å². The number of aliphatic imine (C=N–C) groups is 1. The Morgan fingerprint density at radius 2 is 1.91 bits per heavy atom. The molecule has 2 heterocycles. The third-order valence-electron chi connectivity index (χ3n) is 5.09. The summed E-state index contributed by atoms with van der Waals surface area (Å²) in [5, 5.41) is 0. The Bertz CT molecular complexity index is 520. The molecule has 3 rings (SSSR count). The first kappa shape index (κ1) is 16.7. The van der Waals surface area contributed by atoms with Gasteiger partial charge < -0.3 is 9.64 Å². The maximum atomic E-state index is 5.97. The van der Waals surface area contributed by atoms with E-state index in [1.54, 1.807) is 0 Å². The van der Waals surface area contributed by atoms with Crippen LogP contribution in [0.15, 0.2) is 35.3 Å². The van der Waals surface area contributed by atoms with Gasteiger partial charge in [-0.2, -0.15) is 0 Å². The number of rotatable bonds is 5. The van der Waals surface area contributed by atoms with Crippen LogP contribution in [-0.4, -0.2) is 43.0 Å². The Labute approximate surface area is 140 Å². The van der Waals surface area contributed by atoms with Gasteiger partial charge in [0.25, 0.3) is 0 Å². The summed E-state index contributed by atoms with van der Waals surface area (Å²) in [5.41, 5.74) is 1.41. The third kappa shape index (κ3) is 4.65. The van der Waals surface area contributed by atoms with Crippen LogP contribution in [0.2, 0.25) is 0 Å². The first-order chi connectivity index (χ1) is 11.1. The predicted octanol–water partition coefficient (Wildman–Crippen LogP) is 3.93. The fourth-order valence-electron chi connectivity index (χ4n) is 4.12. The molecule has 3 heteroatoms. The number of hydrogen-bond donors (Lipinski definition) is 0. The Hall–Kier alpha value is -1.19. The summed E-state index contributed by atoms with van der Waals surface area (Å²) >= 11 is 0. The Morgan fingerprint density at radius 1 is 1.17 bits per heavy atom. The van der Waals surface area contributed by atoms with Crippen LogP contribution in [0.25, 0.3) is 0 Å². The molecule has 23 heavy (non-hydrogen) atoms. The van der Waals surface area contributed by atoms with Crippen LogP contribution in [0.3, 0.4) is 0 Å². The minimum atomic E-state index is -0.0449. The van der Waals surface area contributed by atoms with Gasteiger partial charge in [-0.3, -0.25) is 4.99 Å². The molecule has 0 radical (unpaired) electrons. The summed E-state index contributed by atoms with van der Waals surface area (Å²) in [6, 6.07) is 10.5. The van der Waals surface area contributed by atoms with E-state index in [2.05, 4.69) is 55.3 Å². The lowest BCUT2D eigenvalue weighted by Crippen LogP contribution is -2.48. The molecule has 2 aliphatic heterocycles. The molecule has 1 aromatic carbocycles. The zero-order chi connectivity index (χ0) is 16.2. The number of likely N-dealkylation sites (tertiary alicyclic amines) is 1.